The number of likely N-dealkylation sites (N-methyl/N-ethyl adjacent to an activating group) is 1. The summed E-state index contributed by atoms with van der Waals surface area (Å²) in [5.74, 6) is -0.531. The summed E-state index contributed by atoms with van der Waals surface area (Å²) in [6.45, 7) is 3.34. The second kappa shape index (κ2) is 7.27. The summed E-state index contributed by atoms with van der Waals surface area (Å²) in [5.41, 5.74) is 0.533. The fourth-order valence-corrected chi connectivity index (χ4v) is 3.26. The first-order valence-electron chi connectivity index (χ1n) is 7.56. The lowest BCUT2D eigenvalue weighted by molar-refractivity contribution is -0.131. The minimum atomic E-state index is -3.37. The third-order valence-electron chi connectivity index (χ3n) is 4.02. The van der Waals surface area contributed by atoms with E-state index in [2.05, 4.69) is 0 Å². The predicted octanol–water partition coefficient (Wildman–Crippen LogP) is 0.756. The third-order valence-corrected chi connectivity index (χ3v) is 5.83. The summed E-state index contributed by atoms with van der Waals surface area (Å²) in [6, 6.07) is 6.55. The number of anilines is 1. The molecule has 0 aliphatic carbocycles. The van der Waals surface area contributed by atoms with Crippen LogP contribution in [-0.2, 0) is 14.8 Å². The molecule has 0 aromatic heterocycles. The van der Waals surface area contributed by atoms with Crippen LogP contribution in [0.2, 0.25) is 0 Å². The van der Waals surface area contributed by atoms with Gasteiger partial charge in [0.25, 0.3) is 0 Å². The Balaban J connectivity index is 1.92. The number of amides is 1. The van der Waals surface area contributed by atoms with Gasteiger partial charge in [-0.3, -0.25) is 4.79 Å². The van der Waals surface area contributed by atoms with Gasteiger partial charge in [-0.25, -0.2) is 12.8 Å². The number of carbonyl (C=O) groups excluding carboxylic acids is 1. The van der Waals surface area contributed by atoms with Crippen LogP contribution in [0, 0.1) is 5.82 Å². The lowest BCUT2D eigenvalue weighted by atomic mass is 10.2. The van der Waals surface area contributed by atoms with Gasteiger partial charge in [-0.05, 0) is 19.1 Å². The van der Waals surface area contributed by atoms with E-state index in [1.54, 1.807) is 30.0 Å². The fraction of sp³-hybridized carbons (Fsp3) is 0.533. The number of sulfonamides is 1. The van der Waals surface area contributed by atoms with Gasteiger partial charge in [0, 0.05) is 33.2 Å². The van der Waals surface area contributed by atoms with E-state index in [4.69, 9.17) is 0 Å². The van der Waals surface area contributed by atoms with Crippen LogP contribution in [-0.4, -0.2) is 69.1 Å². The summed E-state index contributed by atoms with van der Waals surface area (Å²) in [4.78, 5) is 15.7. The number of hydrogen-bond donors (Lipinski definition) is 0. The van der Waals surface area contributed by atoms with Crippen LogP contribution in [0.25, 0.3) is 0 Å². The van der Waals surface area contributed by atoms with Crippen LogP contribution in [0.15, 0.2) is 24.3 Å². The highest BCUT2D eigenvalue weighted by Gasteiger charge is 2.25. The van der Waals surface area contributed by atoms with Gasteiger partial charge in [0.1, 0.15) is 5.82 Å². The average Bonchev–Trinajstić information content (AvgIpc) is 2.55. The zero-order valence-corrected chi connectivity index (χ0v) is 14.2. The smallest absolute Gasteiger partial charge is 0.238 e. The van der Waals surface area contributed by atoms with Crippen molar-refractivity contribution in [1.29, 1.82) is 0 Å². The maximum Gasteiger partial charge on any atom is 0.238 e. The largest absolute Gasteiger partial charge is 0.366 e. The van der Waals surface area contributed by atoms with Gasteiger partial charge in [0.05, 0.1) is 18.0 Å². The molecule has 1 saturated heterocycles. The summed E-state index contributed by atoms with van der Waals surface area (Å²) >= 11 is 0. The molecule has 0 radical (unpaired) electrons. The predicted molar refractivity (Wildman–Crippen MR) is 87.3 cm³/mol. The Labute approximate surface area is 136 Å². The molecule has 1 fully saturated rings. The van der Waals surface area contributed by atoms with Crippen LogP contribution in [0.5, 0.6) is 0 Å². The molecule has 1 aromatic rings. The number of carbonyl (C=O) groups is 1. The summed E-state index contributed by atoms with van der Waals surface area (Å²) < 4.78 is 38.3. The molecule has 0 bridgehead atoms. The van der Waals surface area contributed by atoms with Gasteiger partial charge in [0.2, 0.25) is 15.9 Å². The second-order valence-corrected chi connectivity index (χ2v) is 7.84. The standard InChI is InChI=1S/C15H22FN3O3S/c1-3-23(21,22)17(2)12-15(20)19-10-8-18(9-11-19)14-7-5-4-6-13(14)16/h4-7H,3,8-12H2,1-2H3. The van der Waals surface area contributed by atoms with E-state index < -0.39 is 10.0 Å². The Morgan fingerprint density at radius 2 is 1.83 bits per heavy atom. The van der Waals surface area contributed by atoms with E-state index in [1.807, 2.05) is 4.90 Å². The average molecular weight is 343 g/mol. The molecule has 8 heteroatoms. The van der Waals surface area contributed by atoms with E-state index in [-0.39, 0.29) is 24.0 Å². The SMILES string of the molecule is CCS(=O)(=O)N(C)CC(=O)N1CCN(c2ccccc2F)CC1. The zero-order valence-electron chi connectivity index (χ0n) is 13.4. The molecule has 1 aliphatic heterocycles. The van der Waals surface area contributed by atoms with Crippen molar-refractivity contribution in [2.24, 2.45) is 0 Å². The van der Waals surface area contributed by atoms with Gasteiger partial charge in [-0.1, -0.05) is 12.1 Å². The van der Waals surface area contributed by atoms with Crippen LogP contribution in [0.4, 0.5) is 10.1 Å². The van der Waals surface area contributed by atoms with Crippen molar-refractivity contribution in [2.75, 3.05) is 50.4 Å². The molecule has 128 valence electrons. The van der Waals surface area contributed by atoms with Gasteiger partial charge >= 0.3 is 0 Å². The number of rotatable bonds is 5. The van der Waals surface area contributed by atoms with E-state index in [0.29, 0.717) is 31.9 Å². The second-order valence-electron chi connectivity index (χ2n) is 5.48. The Kier molecular flexibility index (Phi) is 5.59. The zero-order chi connectivity index (χ0) is 17.0. The highest BCUT2D eigenvalue weighted by atomic mass is 32.2. The first-order chi connectivity index (χ1) is 10.8. The van der Waals surface area contributed by atoms with Crippen LogP contribution < -0.4 is 4.90 Å². The van der Waals surface area contributed by atoms with Gasteiger partial charge < -0.3 is 9.80 Å². The van der Waals surface area contributed by atoms with Gasteiger partial charge in [0.15, 0.2) is 0 Å². The highest BCUT2D eigenvalue weighted by Crippen LogP contribution is 2.20. The Morgan fingerprint density at radius 1 is 1.22 bits per heavy atom. The maximum absolute atomic E-state index is 13.8. The van der Waals surface area contributed by atoms with Crippen molar-refractivity contribution in [3.05, 3.63) is 30.1 Å². The van der Waals surface area contributed by atoms with Crippen molar-refractivity contribution in [3.63, 3.8) is 0 Å². The van der Waals surface area contributed by atoms with Crippen LogP contribution >= 0.6 is 0 Å². The first-order valence-corrected chi connectivity index (χ1v) is 9.17. The van der Waals surface area contributed by atoms with E-state index in [0.717, 1.165) is 4.31 Å². The molecule has 0 spiro atoms. The fourth-order valence-electron chi connectivity index (χ4n) is 2.51. The monoisotopic (exact) mass is 343 g/mol. The lowest BCUT2D eigenvalue weighted by Gasteiger charge is -2.36. The third kappa shape index (κ3) is 4.20. The molecule has 6 nitrogen and oxygen atoms in total. The van der Waals surface area contributed by atoms with Crippen LogP contribution in [0.3, 0.4) is 0 Å². The quantitative estimate of drug-likeness (QED) is 0.792. The number of para-hydroxylation sites is 1. The summed E-state index contributed by atoms with van der Waals surface area (Å²) in [5, 5.41) is 0. The maximum atomic E-state index is 13.8. The minimum absolute atomic E-state index is 0.0299. The summed E-state index contributed by atoms with van der Waals surface area (Å²) in [6.07, 6.45) is 0. The molecule has 0 N–H and O–H groups in total. The molecule has 1 heterocycles. The number of nitrogens with zero attached hydrogens (tertiary/aromatic N) is 3. The van der Waals surface area contributed by atoms with E-state index in [9.17, 15) is 17.6 Å². The van der Waals surface area contributed by atoms with Gasteiger partial charge in [-0.2, -0.15) is 4.31 Å². The summed E-state index contributed by atoms with van der Waals surface area (Å²) in [7, 11) is -1.96. The van der Waals surface area contributed by atoms with Crippen molar-refractivity contribution >= 4 is 21.6 Å². The molecule has 1 amide bonds. The van der Waals surface area contributed by atoms with Crippen molar-refractivity contribution in [1.82, 2.24) is 9.21 Å². The number of halogens is 1. The van der Waals surface area contributed by atoms with E-state index in [1.165, 1.54) is 13.1 Å². The van der Waals surface area contributed by atoms with Crippen molar-refractivity contribution in [2.45, 2.75) is 6.92 Å². The lowest BCUT2D eigenvalue weighted by Crippen LogP contribution is -2.51. The van der Waals surface area contributed by atoms with Gasteiger partial charge in [-0.15, -0.1) is 0 Å². The molecule has 0 atom stereocenters. The number of piperazine rings is 1. The number of benzene rings is 1. The Hall–Kier alpha value is -1.67. The van der Waals surface area contributed by atoms with Crippen LogP contribution in [0.1, 0.15) is 6.92 Å². The Morgan fingerprint density at radius 3 is 2.39 bits per heavy atom. The molecule has 0 unspecified atom stereocenters. The Bertz CT molecular complexity index is 658. The highest BCUT2D eigenvalue weighted by molar-refractivity contribution is 7.89. The molecule has 1 aromatic carbocycles. The number of hydrogen-bond acceptors (Lipinski definition) is 4. The van der Waals surface area contributed by atoms with E-state index >= 15 is 0 Å². The molecule has 2 rings (SSSR count). The normalized spacial score (nSPS) is 16.0. The van der Waals surface area contributed by atoms with Crippen molar-refractivity contribution < 1.29 is 17.6 Å². The first kappa shape index (κ1) is 17.7. The molecule has 0 saturated carbocycles. The topological polar surface area (TPSA) is 60.9 Å². The molecular formula is C15H22FN3O3S. The van der Waals surface area contributed by atoms with Crippen molar-refractivity contribution in [3.8, 4) is 0 Å². The molecular weight excluding hydrogens is 321 g/mol. The molecule has 23 heavy (non-hydrogen) atoms. The molecule has 1 aliphatic rings. The minimum Gasteiger partial charge on any atom is -0.366 e.